The number of benzene rings is 1. The van der Waals surface area contributed by atoms with Crippen LogP contribution in [0.3, 0.4) is 0 Å². The normalized spacial score (nSPS) is 14.2. The zero-order valence-corrected chi connectivity index (χ0v) is 15.6. The van der Waals surface area contributed by atoms with Crippen molar-refractivity contribution in [1.29, 1.82) is 0 Å². The predicted molar refractivity (Wildman–Crippen MR) is 105 cm³/mol. The van der Waals surface area contributed by atoms with Crippen molar-refractivity contribution < 1.29 is 4.42 Å². The van der Waals surface area contributed by atoms with E-state index >= 15 is 0 Å². The molecule has 3 aromatic rings. The van der Waals surface area contributed by atoms with Crippen LogP contribution in [-0.2, 0) is 7.05 Å². The SMILES string of the molecule is CCSNc1cc(-c2cc(C)c(=O)n(C)c2)c2oc(C3CC3)cc2c1. The van der Waals surface area contributed by atoms with Crippen LogP contribution >= 0.6 is 11.9 Å². The minimum absolute atomic E-state index is 0.0360. The third-order valence-corrected chi connectivity index (χ3v) is 5.29. The van der Waals surface area contributed by atoms with E-state index in [1.54, 1.807) is 23.6 Å². The van der Waals surface area contributed by atoms with Crippen LogP contribution in [0.25, 0.3) is 22.1 Å². The topological polar surface area (TPSA) is 47.2 Å². The highest BCUT2D eigenvalue weighted by molar-refractivity contribution is 8.00. The number of nitrogens with one attached hydrogen (secondary N) is 1. The molecular formula is C20H22N2O2S. The fourth-order valence-electron chi connectivity index (χ4n) is 3.20. The summed E-state index contributed by atoms with van der Waals surface area (Å²) in [6.45, 7) is 3.98. The van der Waals surface area contributed by atoms with Crippen molar-refractivity contribution in [2.24, 2.45) is 7.05 Å². The van der Waals surface area contributed by atoms with Crippen molar-refractivity contribution in [2.45, 2.75) is 32.6 Å². The second kappa shape index (κ2) is 6.30. The Morgan fingerprint density at radius 1 is 1.28 bits per heavy atom. The highest BCUT2D eigenvalue weighted by Gasteiger charge is 2.28. The molecule has 0 amide bonds. The van der Waals surface area contributed by atoms with Gasteiger partial charge in [-0.15, -0.1) is 0 Å². The fourth-order valence-corrected chi connectivity index (χ4v) is 3.62. The van der Waals surface area contributed by atoms with Crippen LogP contribution in [0.5, 0.6) is 0 Å². The summed E-state index contributed by atoms with van der Waals surface area (Å²) in [5.41, 5.74) is 4.78. The summed E-state index contributed by atoms with van der Waals surface area (Å²) in [6, 6.07) is 8.39. The van der Waals surface area contributed by atoms with Crippen molar-refractivity contribution in [3.63, 3.8) is 0 Å². The van der Waals surface area contributed by atoms with Gasteiger partial charge in [-0.25, -0.2) is 0 Å². The third kappa shape index (κ3) is 3.09. The summed E-state index contributed by atoms with van der Waals surface area (Å²) in [5.74, 6) is 2.65. The lowest BCUT2D eigenvalue weighted by molar-refractivity contribution is 0.553. The van der Waals surface area contributed by atoms with Crippen LogP contribution in [0.15, 0.2) is 39.7 Å². The van der Waals surface area contributed by atoms with E-state index in [2.05, 4.69) is 29.8 Å². The molecule has 1 fully saturated rings. The van der Waals surface area contributed by atoms with Gasteiger partial charge in [0.05, 0.1) is 0 Å². The Hall–Kier alpha value is -2.14. The molecule has 1 aliphatic carbocycles. The summed E-state index contributed by atoms with van der Waals surface area (Å²) in [5, 5.41) is 1.12. The van der Waals surface area contributed by atoms with Crippen LogP contribution < -0.4 is 10.3 Å². The molecule has 5 heteroatoms. The van der Waals surface area contributed by atoms with Crippen LogP contribution in [0.2, 0.25) is 0 Å². The maximum atomic E-state index is 12.0. The van der Waals surface area contributed by atoms with E-state index in [4.69, 9.17) is 4.42 Å². The maximum Gasteiger partial charge on any atom is 0.253 e. The minimum atomic E-state index is 0.0360. The summed E-state index contributed by atoms with van der Waals surface area (Å²) >= 11 is 1.67. The van der Waals surface area contributed by atoms with Crippen molar-refractivity contribution in [3.05, 3.63) is 52.1 Å². The lowest BCUT2D eigenvalue weighted by Gasteiger charge is -2.10. The first-order valence-corrected chi connectivity index (χ1v) is 9.68. The van der Waals surface area contributed by atoms with Gasteiger partial charge < -0.3 is 13.7 Å². The average molecular weight is 354 g/mol. The number of hydrogen-bond donors (Lipinski definition) is 1. The van der Waals surface area contributed by atoms with Gasteiger partial charge in [-0.05, 0) is 44.0 Å². The molecule has 0 atom stereocenters. The van der Waals surface area contributed by atoms with Crippen LogP contribution in [-0.4, -0.2) is 10.3 Å². The molecule has 4 nitrogen and oxygen atoms in total. The molecule has 0 saturated heterocycles. The molecule has 0 spiro atoms. The van der Waals surface area contributed by atoms with Gasteiger partial charge in [-0.2, -0.15) is 0 Å². The number of hydrogen-bond acceptors (Lipinski definition) is 4. The predicted octanol–water partition coefficient (Wildman–Crippen LogP) is 5.06. The van der Waals surface area contributed by atoms with Crippen LogP contribution in [0, 0.1) is 6.92 Å². The second-order valence-corrected chi connectivity index (χ2v) is 7.80. The smallest absolute Gasteiger partial charge is 0.253 e. The Morgan fingerprint density at radius 3 is 2.76 bits per heavy atom. The molecule has 1 aliphatic rings. The van der Waals surface area contributed by atoms with Crippen LogP contribution in [0.1, 0.15) is 37.0 Å². The number of aromatic nitrogens is 1. The molecule has 1 N–H and O–H groups in total. The molecule has 1 aromatic carbocycles. The largest absolute Gasteiger partial charge is 0.460 e. The Morgan fingerprint density at radius 2 is 2.08 bits per heavy atom. The quantitative estimate of drug-likeness (QED) is 0.650. The standard InChI is InChI=1S/C20H22N2O2S/c1-4-25-21-16-8-14-9-18(13-5-6-13)24-19(14)17(10-16)15-7-12(2)20(23)22(3)11-15/h7-11,13,21H,4-6H2,1-3H3. The van der Waals surface area contributed by atoms with E-state index in [9.17, 15) is 4.79 Å². The zero-order chi connectivity index (χ0) is 17.6. The first-order chi connectivity index (χ1) is 12.1. The molecule has 0 radical (unpaired) electrons. The van der Waals surface area contributed by atoms with Crippen molar-refractivity contribution >= 4 is 28.6 Å². The van der Waals surface area contributed by atoms with E-state index < -0.39 is 0 Å². The number of pyridine rings is 1. The number of anilines is 1. The minimum Gasteiger partial charge on any atom is -0.460 e. The van der Waals surface area contributed by atoms with Gasteiger partial charge in [0.15, 0.2) is 0 Å². The molecule has 0 unspecified atom stereocenters. The van der Waals surface area contributed by atoms with E-state index in [0.717, 1.165) is 44.9 Å². The van der Waals surface area contributed by atoms with Gasteiger partial charge in [0, 0.05) is 52.7 Å². The molecule has 2 heterocycles. The summed E-state index contributed by atoms with van der Waals surface area (Å²) in [6.07, 6.45) is 4.32. The third-order valence-electron chi connectivity index (χ3n) is 4.62. The summed E-state index contributed by atoms with van der Waals surface area (Å²) < 4.78 is 11.3. The molecule has 0 aliphatic heterocycles. The van der Waals surface area contributed by atoms with E-state index in [1.165, 1.54) is 12.8 Å². The molecule has 25 heavy (non-hydrogen) atoms. The molecule has 4 rings (SSSR count). The molecule has 1 saturated carbocycles. The van der Waals surface area contributed by atoms with Gasteiger partial charge in [0.1, 0.15) is 11.3 Å². The van der Waals surface area contributed by atoms with Gasteiger partial charge in [0.2, 0.25) is 0 Å². The number of aryl methyl sites for hydroxylation is 2. The zero-order valence-electron chi connectivity index (χ0n) is 14.8. The Balaban J connectivity index is 1.91. The first-order valence-electron chi connectivity index (χ1n) is 8.69. The van der Waals surface area contributed by atoms with E-state index in [1.807, 2.05) is 19.2 Å². The van der Waals surface area contributed by atoms with Gasteiger partial charge >= 0.3 is 0 Å². The van der Waals surface area contributed by atoms with Gasteiger partial charge in [-0.1, -0.05) is 18.9 Å². The maximum absolute atomic E-state index is 12.0. The molecular weight excluding hydrogens is 332 g/mol. The molecule has 2 aromatic heterocycles. The summed E-state index contributed by atoms with van der Waals surface area (Å²) in [4.78, 5) is 12.0. The van der Waals surface area contributed by atoms with Crippen molar-refractivity contribution in [1.82, 2.24) is 4.57 Å². The Kier molecular flexibility index (Phi) is 4.12. The number of furan rings is 1. The average Bonchev–Trinajstić information content (AvgIpc) is 3.36. The lowest BCUT2D eigenvalue weighted by atomic mass is 10.0. The van der Waals surface area contributed by atoms with E-state index in [0.29, 0.717) is 5.92 Å². The number of rotatable bonds is 5. The van der Waals surface area contributed by atoms with Crippen LogP contribution in [0.4, 0.5) is 5.69 Å². The Labute approximate surface area is 151 Å². The van der Waals surface area contributed by atoms with Crippen molar-refractivity contribution in [3.8, 4) is 11.1 Å². The lowest BCUT2D eigenvalue weighted by Crippen LogP contribution is -2.18. The highest BCUT2D eigenvalue weighted by atomic mass is 32.2. The molecule has 130 valence electrons. The highest BCUT2D eigenvalue weighted by Crippen LogP contribution is 2.44. The second-order valence-electron chi connectivity index (χ2n) is 6.73. The van der Waals surface area contributed by atoms with E-state index in [-0.39, 0.29) is 5.56 Å². The fraction of sp³-hybridized carbons (Fsp3) is 0.350. The number of nitrogens with zero attached hydrogens (tertiary/aromatic N) is 1. The summed E-state index contributed by atoms with van der Waals surface area (Å²) in [7, 11) is 1.79. The van der Waals surface area contributed by atoms with Gasteiger partial charge in [-0.3, -0.25) is 4.79 Å². The van der Waals surface area contributed by atoms with Gasteiger partial charge in [0.25, 0.3) is 5.56 Å². The monoisotopic (exact) mass is 354 g/mol. The van der Waals surface area contributed by atoms with Crippen molar-refractivity contribution in [2.75, 3.05) is 10.5 Å². The number of fused-ring (bicyclic) bond motifs is 1. The molecule has 0 bridgehead atoms. The Bertz CT molecular complexity index is 973. The first kappa shape index (κ1) is 16.3.